The molecule has 1 aliphatic carbocycles. The van der Waals surface area contributed by atoms with Crippen molar-refractivity contribution >= 4 is 17.7 Å². The molecule has 0 aromatic heterocycles. The summed E-state index contributed by atoms with van der Waals surface area (Å²) in [7, 11) is 0. The van der Waals surface area contributed by atoms with Gasteiger partial charge in [0.15, 0.2) is 0 Å². The average molecular weight is 437 g/mol. The van der Waals surface area contributed by atoms with E-state index in [2.05, 4.69) is 6.07 Å². The third-order valence-corrected chi connectivity index (χ3v) is 7.56. The summed E-state index contributed by atoms with van der Waals surface area (Å²) >= 11 is 0. The van der Waals surface area contributed by atoms with Gasteiger partial charge in [0.2, 0.25) is 17.7 Å². The van der Waals surface area contributed by atoms with Gasteiger partial charge in [-0.1, -0.05) is 6.07 Å². The van der Waals surface area contributed by atoms with E-state index in [-0.39, 0.29) is 29.9 Å². The Labute approximate surface area is 186 Å². The Hall–Kier alpha value is -2.96. The minimum atomic E-state index is -0.732. The molecule has 2 bridgehead atoms. The molecule has 9 nitrogen and oxygen atoms in total. The number of primary amides is 1. The third-order valence-electron chi connectivity index (χ3n) is 7.56. The molecule has 3 fully saturated rings. The van der Waals surface area contributed by atoms with Crippen LogP contribution < -0.4 is 11.5 Å². The Morgan fingerprint density at radius 3 is 2.78 bits per heavy atom. The standard InChI is InChI=1S/C23H28N6O3/c24-10-15-2-1-7-28(15)22(31)18(25)12-27-11-16-9-20(27)23(32)29(16)19-6-4-13-8-14(21(26)30)3-5-17(13)19/h3,5,8,15-16,18-20H,1-2,4,6-7,9,11-12,25H2,(H2,26,30)/t15-,16?,18-,19+,20-/m0/s1. The summed E-state index contributed by atoms with van der Waals surface area (Å²) in [6.45, 7) is 1.60. The number of rotatable bonds is 5. The van der Waals surface area contributed by atoms with Crippen LogP contribution in [0.3, 0.4) is 0 Å². The van der Waals surface area contributed by atoms with Crippen LogP contribution in [0.1, 0.15) is 53.2 Å². The quantitative estimate of drug-likeness (QED) is 0.661. The number of aryl methyl sites for hydroxylation is 1. The highest BCUT2D eigenvalue weighted by molar-refractivity contribution is 5.93. The number of likely N-dealkylation sites (tertiary alicyclic amines) is 3. The van der Waals surface area contributed by atoms with Crippen molar-refractivity contribution in [1.29, 1.82) is 5.26 Å². The minimum absolute atomic E-state index is 0.0212. The summed E-state index contributed by atoms with van der Waals surface area (Å²) in [5.74, 6) is -0.547. The van der Waals surface area contributed by atoms with Gasteiger partial charge < -0.3 is 21.3 Å². The molecule has 3 aliphatic heterocycles. The molecule has 0 saturated carbocycles. The number of piperazine rings is 1. The summed E-state index contributed by atoms with van der Waals surface area (Å²) in [6.07, 6.45) is 3.93. The van der Waals surface area contributed by atoms with Gasteiger partial charge in [-0.3, -0.25) is 19.3 Å². The predicted octanol–water partition coefficient (Wildman–Crippen LogP) is -0.100. The highest BCUT2D eigenvalue weighted by Crippen LogP contribution is 2.44. The van der Waals surface area contributed by atoms with E-state index in [4.69, 9.17) is 11.5 Å². The average Bonchev–Trinajstić information content (AvgIpc) is 3.55. The Morgan fingerprint density at radius 2 is 2.06 bits per heavy atom. The van der Waals surface area contributed by atoms with Crippen LogP contribution in [0.25, 0.3) is 0 Å². The van der Waals surface area contributed by atoms with Crippen molar-refractivity contribution in [2.75, 3.05) is 19.6 Å². The van der Waals surface area contributed by atoms with Crippen molar-refractivity contribution in [1.82, 2.24) is 14.7 Å². The number of nitrogens with two attached hydrogens (primary N) is 2. The first-order valence-corrected chi connectivity index (χ1v) is 11.3. The molecular weight excluding hydrogens is 408 g/mol. The molecule has 0 spiro atoms. The Morgan fingerprint density at radius 1 is 1.25 bits per heavy atom. The lowest BCUT2D eigenvalue weighted by molar-refractivity contribution is -0.141. The monoisotopic (exact) mass is 436 g/mol. The number of hydrogen-bond donors (Lipinski definition) is 2. The molecule has 5 atom stereocenters. The topological polar surface area (TPSA) is 137 Å². The van der Waals surface area contributed by atoms with Gasteiger partial charge in [0, 0.05) is 31.2 Å². The van der Waals surface area contributed by atoms with Gasteiger partial charge >= 0.3 is 0 Å². The van der Waals surface area contributed by atoms with E-state index in [1.165, 1.54) is 0 Å². The molecular formula is C23H28N6O3. The second-order valence-electron chi connectivity index (χ2n) is 9.36. The van der Waals surface area contributed by atoms with E-state index in [9.17, 15) is 19.6 Å². The fourth-order valence-electron chi connectivity index (χ4n) is 6.05. The zero-order valence-electron chi connectivity index (χ0n) is 17.9. The van der Waals surface area contributed by atoms with Crippen LogP contribution in [0, 0.1) is 11.3 Å². The first-order chi connectivity index (χ1) is 15.4. The Kier molecular flexibility index (Phi) is 5.14. The SMILES string of the molecule is N#C[C@@H]1CCCN1C(=O)[C@@H](N)CN1CC2C[C@H]1C(=O)N2[C@@H]1CCc2cc(C(N)=O)ccc21. The molecule has 32 heavy (non-hydrogen) atoms. The first-order valence-electron chi connectivity index (χ1n) is 11.3. The molecule has 4 N–H and O–H groups in total. The fourth-order valence-corrected chi connectivity index (χ4v) is 6.05. The summed E-state index contributed by atoms with van der Waals surface area (Å²) in [5, 5.41) is 9.25. The van der Waals surface area contributed by atoms with E-state index < -0.39 is 18.0 Å². The normalized spacial score (nSPS) is 29.9. The van der Waals surface area contributed by atoms with Crippen LogP contribution in [0.15, 0.2) is 18.2 Å². The van der Waals surface area contributed by atoms with Crippen LogP contribution >= 0.6 is 0 Å². The van der Waals surface area contributed by atoms with Crippen LogP contribution in [0.4, 0.5) is 0 Å². The Bertz CT molecular complexity index is 1020. The van der Waals surface area contributed by atoms with Crippen LogP contribution in [0.5, 0.6) is 0 Å². The number of nitriles is 1. The lowest BCUT2D eigenvalue weighted by Crippen LogP contribution is -2.56. The van der Waals surface area contributed by atoms with Crippen LogP contribution in [-0.2, 0) is 16.0 Å². The molecule has 3 heterocycles. The number of carbonyl (C=O) groups is 3. The molecule has 1 unspecified atom stereocenters. The van der Waals surface area contributed by atoms with Crippen molar-refractivity contribution in [2.24, 2.45) is 11.5 Å². The molecule has 5 rings (SSSR count). The van der Waals surface area contributed by atoms with Gasteiger partial charge in [-0.2, -0.15) is 5.26 Å². The lowest BCUT2D eigenvalue weighted by atomic mass is 10.0. The van der Waals surface area contributed by atoms with Gasteiger partial charge in [0.05, 0.1) is 24.2 Å². The number of fused-ring (bicyclic) bond motifs is 3. The number of hydrogen-bond acceptors (Lipinski definition) is 6. The maximum absolute atomic E-state index is 13.3. The lowest BCUT2D eigenvalue weighted by Gasteiger charge is -2.38. The van der Waals surface area contributed by atoms with E-state index in [0.29, 0.717) is 31.6 Å². The number of carbonyl (C=O) groups excluding carboxylic acids is 3. The van der Waals surface area contributed by atoms with Crippen molar-refractivity contribution in [3.8, 4) is 6.07 Å². The van der Waals surface area contributed by atoms with Gasteiger partial charge in [0.1, 0.15) is 6.04 Å². The summed E-state index contributed by atoms with van der Waals surface area (Å²) in [6, 6.07) is 6.44. The number of benzene rings is 1. The van der Waals surface area contributed by atoms with E-state index in [1.807, 2.05) is 21.9 Å². The number of amides is 3. The molecule has 168 valence electrons. The van der Waals surface area contributed by atoms with Crippen LogP contribution in [0.2, 0.25) is 0 Å². The molecule has 1 aromatic carbocycles. The van der Waals surface area contributed by atoms with E-state index in [0.717, 1.165) is 36.8 Å². The Balaban J connectivity index is 1.25. The van der Waals surface area contributed by atoms with Gasteiger partial charge in [-0.25, -0.2) is 0 Å². The molecule has 0 radical (unpaired) electrons. The van der Waals surface area contributed by atoms with E-state index in [1.54, 1.807) is 11.0 Å². The number of nitrogens with zero attached hydrogens (tertiary/aromatic N) is 4. The van der Waals surface area contributed by atoms with Gasteiger partial charge in [0.25, 0.3) is 0 Å². The zero-order chi connectivity index (χ0) is 22.6. The van der Waals surface area contributed by atoms with Crippen LogP contribution in [-0.4, -0.2) is 76.2 Å². The summed E-state index contributed by atoms with van der Waals surface area (Å²) < 4.78 is 0. The largest absolute Gasteiger partial charge is 0.366 e. The molecule has 3 amide bonds. The third kappa shape index (κ3) is 3.26. The molecule has 1 aromatic rings. The zero-order valence-corrected chi connectivity index (χ0v) is 17.9. The van der Waals surface area contributed by atoms with Crippen molar-refractivity contribution in [2.45, 2.75) is 62.3 Å². The second-order valence-corrected chi connectivity index (χ2v) is 9.36. The maximum atomic E-state index is 13.3. The second kappa shape index (κ2) is 7.87. The molecule has 3 saturated heterocycles. The highest BCUT2D eigenvalue weighted by atomic mass is 16.2. The fraction of sp³-hybridized carbons (Fsp3) is 0.565. The van der Waals surface area contributed by atoms with Crippen molar-refractivity contribution in [3.05, 3.63) is 34.9 Å². The molecule has 9 heteroatoms. The van der Waals surface area contributed by atoms with Crippen molar-refractivity contribution in [3.63, 3.8) is 0 Å². The predicted molar refractivity (Wildman–Crippen MR) is 115 cm³/mol. The summed E-state index contributed by atoms with van der Waals surface area (Å²) in [4.78, 5) is 43.2. The smallest absolute Gasteiger partial charge is 0.248 e. The summed E-state index contributed by atoms with van der Waals surface area (Å²) in [5.41, 5.74) is 14.3. The maximum Gasteiger partial charge on any atom is 0.248 e. The molecule has 4 aliphatic rings. The minimum Gasteiger partial charge on any atom is -0.366 e. The van der Waals surface area contributed by atoms with Gasteiger partial charge in [-0.15, -0.1) is 0 Å². The van der Waals surface area contributed by atoms with Gasteiger partial charge in [-0.05, 0) is 55.4 Å². The van der Waals surface area contributed by atoms with E-state index >= 15 is 0 Å². The van der Waals surface area contributed by atoms with Crippen molar-refractivity contribution < 1.29 is 14.4 Å². The first kappa shape index (κ1) is 20.9. The highest BCUT2D eigenvalue weighted by Gasteiger charge is 2.53.